The Kier molecular flexibility index (Phi) is 5.76. The summed E-state index contributed by atoms with van der Waals surface area (Å²) in [6.45, 7) is 6.93. The molecule has 2 rings (SSSR count). The van der Waals surface area contributed by atoms with Crippen LogP contribution in [-0.4, -0.2) is 59.4 Å². The van der Waals surface area contributed by atoms with E-state index in [-0.39, 0.29) is 13.2 Å². The quantitative estimate of drug-likeness (QED) is 0.800. The van der Waals surface area contributed by atoms with Crippen molar-refractivity contribution in [2.24, 2.45) is 0 Å². The molecule has 0 atom stereocenters. The van der Waals surface area contributed by atoms with Gasteiger partial charge in [-0.05, 0) is 24.1 Å². The lowest BCUT2D eigenvalue weighted by molar-refractivity contribution is 0.188. The molecule has 0 bridgehead atoms. The number of anilines is 1. The molecule has 5 heteroatoms. The number of aryl methyl sites for hydroxylation is 1. The van der Waals surface area contributed by atoms with Crippen molar-refractivity contribution in [1.82, 2.24) is 9.88 Å². The van der Waals surface area contributed by atoms with Crippen molar-refractivity contribution in [3.63, 3.8) is 0 Å². The van der Waals surface area contributed by atoms with Gasteiger partial charge in [0.05, 0.1) is 13.2 Å². The summed E-state index contributed by atoms with van der Waals surface area (Å²) in [6.07, 6.45) is 2.01. The van der Waals surface area contributed by atoms with Gasteiger partial charge in [0.25, 0.3) is 0 Å². The second-order valence-electron chi connectivity index (χ2n) is 5.29. The normalized spacial score (nSPS) is 16.6. The highest BCUT2D eigenvalue weighted by Crippen LogP contribution is 2.18. The molecule has 1 saturated heterocycles. The van der Waals surface area contributed by atoms with Crippen molar-refractivity contribution in [2.75, 3.05) is 44.2 Å². The lowest BCUT2D eigenvalue weighted by Gasteiger charge is -2.35. The molecule has 0 amide bonds. The van der Waals surface area contributed by atoms with Crippen LogP contribution in [0.15, 0.2) is 12.1 Å². The smallest absolute Gasteiger partial charge is 0.129 e. The van der Waals surface area contributed by atoms with Crippen molar-refractivity contribution >= 4 is 5.82 Å². The first-order chi connectivity index (χ1) is 9.76. The van der Waals surface area contributed by atoms with E-state index in [2.05, 4.69) is 16.7 Å². The van der Waals surface area contributed by atoms with E-state index >= 15 is 0 Å². The molecule has 1 fully saturated rings. The monoisotopic (exact) mass is 279 g/mol. The fourth-order valence-electron chi connectivity index (χ4n) is 2.61. The van der Waals surface area contributed by atoms with Crippen LogP contribution in [0.5, 0.6) is 0 Å². The van der Waals surface area contributed by atoms with Gasteiger partial charge in [-0.15, -0.1) is 0 Å². The maximum absolute atomic E-state index is 9.38. The van der Waals surface area contributed by atoms with E-state index in [9.17, 15) is 5.11 Å². The fraction of sp³-hybridized carbons (Fsp3) is 0.667. The summed E-state index contributed by atoms with van der Waals surface area (Å²) in [4.78, 5) is 9.25. The lowest BCUT2D eigenvalue weighted by atomic mass is 10.1. The summed E-state index contributed by atoms with van der Waals surface area (Å²) in [7, 11) is 0. The molecule has 112 valence electrons. The number of hydrogen-bond acceptors (Lipinski definition) is 5. The van der Waals surface area contributed by atoms with Crippen LogP contribution in [0.2, 0.25) is 0 Å². The summed E-state index contributed by atoms with van der Waals surface area (Å²) in [5.74, 6) is 0.976. The molecule has 1 aliphatic rings. The number of aliphatic hydroxyl groups is 2. The predicted molar refractivity (Wildman–Crippen MR) is 79.9 cm³/mol. The van der Waals surface area contributed by atoms with Gasteiger partial charge >= 0.3 is 0 Å². The van der Waals surface area contributed by atoms with E-state index < -0.39 is 0 Å². The molecule has 0 spiro atoms. The zero-order chi connectivity index (χ0) is 14.4. The summed E-state index contributed by atoms with van der Waals surface area (Å²) in [5, 5.41) is 18.4. The van der Waals surface area contributed by atoms with Crippen LogP contribution < -0.4 is 4.90 Å². The van der Waals surface area contributed by atoms with E-state index in [1.807, 2.05) is 12.1 Å². The number of rotatable bonds is 6. The summed E-state index contributed by atoms with van der Waals surface area (Å²) in [6, 6.07) is 3.98. The van der Waals surface area contributed by atoms with Crippen LogP contribution in [-0.2, 0) is 13.0 Å². The van der Waals surface area contributed by atoms with Gasteiger partial charge in [0, 0.05) is 38.4 Å². The minimum atomic E-state index is 0.0662. The number of aromatic nitrogens is 1. The Morgan fingerprint density at radius 1 is 1.15 bits per heavy atom. The minimum Gasteiger partial charge on any atom is -0.395 e. The molecule has 1 aliphatic heterocycles. The van der Waals surface area contributed by atoms with Gasteiger partial charge in [-0.1, -0.05) is 13.3 Å². The van der Waals surface area contributed by atoms with Gasteiger partial charge in [0.2, 0.25) is 0 Å². The molecule has 0 radical (unpaired) electrons. The summed E-state index contributed by atoms with van der Waals surface area (Å²) >= 11 is 0. The van der Waals surface area contributed by atoms with Crippen LogP contribution in [0.4, 0.5) is 5.82 Å². The minimum absolute atomic E-state index is 0.0662. The Morgan fingerprint density at radius 3 is 2.50 bits per heavy atom. The maximum atomic E-state index is 9.38. The standard InChI is InChI=1S/C15H25N3O2/c1-2-3-14-10-13(12-20)11-15(16-14)18-6-4-17(5-7-18)8-9-19/h10-11,19-20H,2-9,12H2,1H3. The van der Waals surface area contributed by atoms with Crippen LogP contribution in [0.25, 0.3) is 0 Å². The zero-order valence-corrected chi connectivity index (χ0v) is 12.3. The number of aliphatic hydroxyl groups excluding tert-OH is 2. The number of β-amino-alcohol motifs (C(OH)–C–C–N with tert-alkyl or cyclic N) is 1. The van der Waals surface area contributed by atoms with Gasteiger partial charge in [-0.2, -0.15) is 0 Å². The van der Waals surface area contributed by atoms with Crippen molar-refractivity contribution < 1.29 is 10.2 Å². The second-order valence-corrected chi connectivity index (χ2v) is 5.29. The number of nitrogens with zero attached hydrogens (tertiary/aromatic N) is 3. The first-order valence-corrected chi connectivity index (χ1v) is 7.45. The number of piperazine rings is 1. The van der Waals surface area contributed by atoms with E-state index in [1.165, 1.54) is 0 Å². The zero-order valence-electron chi connectivity index (χ0n) is 12.3. The third-order valence-electron chi connectivity index (χ3n) is 3.73. The lowest BCUT2D eigenvalue weighted by Crippen LogP contribution is -2.47. The molecule has 20 heavy (non-hydrogen) atoms. The summed E-state index contributed by atoms with van der Waals surface area (Å²) in [5.41, 5.74) is 2.00. The van der Waals surface area contributed by atoms with Crippen molar-refractivity contribution in [3.8, 4) is 0 Å². The highest BCUT2D eigenvalue weighted by Gasteiger charge is 2.18. The van der Waals surface area contributed by atoms with E-state index in [1.54, 1.807) is 0 Å². The molecule has 2 N–H and O–H groups in total. The van der Waals surface area contributed by atoms with Crippen molar-refractivity contribution in [3.05, 3.63) is 23.4 Å². The topological polar surface area (TPSA) is 59.8 Å². The molecule has 1 aromatic rings. The Labute approximate surface area is 120 Å². The predicted octanol–water partition coefficient (Wildman–Crippen LogP) is 0.641. The molecule has 1 aromatic heterocycles. The van der Waals surface area contributed by atoms with E-state index in [0.29, 0.717) is 0 Å². The second kappa shape index (κ2) is 7.57. The first-order valence-electron chi connectivity index (χ1n) is 7.45. The molecule has 0 aliphatic carbocycles. The van der Waals surface area contributed by atoms with Crippen molar-refractivity contribution in [2.45, 2.75) is 26.4 Å². The molecular formula is C15H25N3O2. The van der Waals surface area contributed by atoms with Crippen LogP contribution in [0, 0.1) is 0 Å². The van der Waals surface area contributed by atoms with Crippen LogP contribution in [0.1, 0.15) is 24.6 Å². The molecule has 5 nitrogen and oxygen atoms in total. The summed E-state index contributed by atoms with van der Waals surface area (Å²) < 4.78 is 0. The van der Waals surface area contributed by atoms with Gasteiger partial charge in [-0.3, -0.25) is 4.90 Å². The molecule has 0 saturated carbocycles. The largest absolute Gasteiger partial charge is 0.395 e. The van der Waals surface area contributed by atoms with Gasteiger partial charge < -0.3 is 15.1 Å². The first kappa shape index (κ1) is 15.2. The Morgan fingerprint density at radius 2 is 1.90 bits per heavy atom. The van der Waals surface area contributed by atoms with Crippen molar-refractivity contribution in [1.29, 1.82) is 0 Å². The highest BCUT2D eigenvalue weighted by atomic mass is 16.3. The SMILES string of the molecule is CCCc1cc(CO)cc(N2CCN(CCO)CC2)n1. The number of hydrogen-bond donors (Lipinski definition) is 2. The Bertz CT molecular complexity index is 418. The third-order valence-corrected chi connectivity index (χ3v) is 3.73. The molecule has 0 unspecified atom stereocenters. The van der Waals surface area contributed by atoms with Crippen LogP contribution >= 0.6 is 0 Å². The Balaban J connectivity index is 2.06. The average Bonchev–Trinajstić information content (AvgIpc) is 2.48. The number of pyridine rings is 1. The Hall–Kier alpha value is -1.17. The van der Waals surface area contributed by atoms with E-state index in [0.717, 1.165) is 62.6 Å². The molecule has 0 aromatic carbocycles. The van der Waals surface area contributed by atoms with Gasteiger partial charge in [0.15, 0.2) is 0 Å². The maximum Gasteiger partial charge on any atom is 0.129 e. The van der Waals surface area contributed by atoms with E-state index in [4.69, 9.17) is 10.1 Å². The highest BCUT2D eigenvalue weighted by molar-refractivity contribution is 5.43. The van der Waals surface area contributed by atoms with Crippen LogP contribution in [0.3, 0.4) is 0 Å². The average molecular weight is 279 g/mol. The third kappa shape index (κ3) is 3.91. The molecule has 2 heterocycles. The van der Waals surface area contributed by atoms with Gasteiger partial charge in [-0.25, -0.2) is 4.98 Å². The van der Waals surface area contributed by atoms with Gasteiger partial charge in [0.1, 0.15) is 5.82 Å². The molecular weight excluding hydrogens is 254 g/mol. The fourth-order valence-corrected chi connectivity index (χ4v) is 2.61.